The summed E-state index contributed by atoms with van der Waals surface area (Å²) in [5, 5.41) is 3.08. The van der Waals surface area contributed by atoms with Crippen LogP contribution in [-0.2, 0) is 0 Å². The van der Waals surface area contributed by atoms with Crippen molar-refractivity contribution < 1.29 is 4.39 Å². The minimum Gasteiger partial charge on any atom is -0.389 e. The van der Waals surface area contributed by atoms with Crippen molar-refractivity contribution in [3.05, 3.63) is 52.4 Å². The number of thiocarbonyl (C=S) groups is 1. The maximum absolute atomic E-state index is 13.1. The average Bonchev–Trinajstić information content (AvgIpc) is 2.33. The number of hydrogen-bond acceptors (Lipinski definition) is 3. The first kappa shape index (κ1) is 13.7. The molecule has 0 amide bonds. The number of hydrogen-bond donors (Lipinski definition) is 2. The average molecular weight is 296 g/mol. The quantitative estimate of drug-likeness (QED) is 0.850. The summed E-state index contributed by atoms with van der Waals surface area (Å²) in [4.78, 5) is 4.60. The van der Waals surface area contributed by atoms with E-state index in [9.17, 15) is 4.39 Å². The van der Waals surface area contributed by atoms with Crippen LogP contribution in [0.1, 0.15) is 11.3 Å². The van der Waals surface area contributed by atoms with Crippen LogP contribution in [0.25, 0.3) is 0 Å². The lowest BCUT2D eigenvalue weighted by Gasteiger charge is -2.09. The Labute approximate surface area is 120 Å². The van der Waals surface area contributed by atoms with Crippen molar-refractivity contribution in [2.45, 2.75) is 6.92 Å². The highest BCUT2D eigenvalue weighted by atomic mass is 35.5. The molecule has 3 nitrogen and oxygen atoms in total. The monoisotopic (exact) mass is 295 g/mol. The Hall–Kier alpha value is -1.72. The van der Waals surface area contributed by atoms with Crippen LogP contribution in [0.15, 0.2) is 30.3 Å². The second-order valence-electron chi connectivity index (χ2n) is 4.00. The molecule has 3 N–H and O–H groups in total. The summed E-state index contributed by atoms with van der Waals surface area (Å²) in [7, 11) is 0. The standard InChI is InChI=1S/C13H11ClFN3S/c1-7-4-8(13(16)19)5-12(17-7)18-9-2-3-11(15)10(14)6-9/h2-6H,1H3,(H2,16,19)(H,17,18). The third kappa shape index (κ3) is 3.39. The Kier molecular flexibility index (Phi) is 3.97. The van der Waals surface area contributed by atoms with Gasteiger partial charge in [0.1, 0.15) is 16.6 Å². The molecule has 1 aromatic heterocycles. The summed E-state index contributed by atoms with van der Waals surface area (Å²) in [6.07, 6.45) is 0. The van der Waals surface area contributed by atoms with Crippen LogP contribution in [0, 0.1) is 12.7 Å². The summed E-state index contributed by atoms with van der Waals surface area (Å²) in [5.41, 5.74) is 7.73. The van der Waals surface area contributed by atoms with E-state index < -0.39 is 5.82 Å². The second kappa shape index (κ2) is 5.50. The van der Waals surface area contributed by atoms with Crippen molar-refractivity contribution in [3.63, 3.8) is 0 Å². The topological polar surface area (TPSA) is 50.9 Å². The third-order valence-corrected chi connectivity index (χ3v) is 2.96. The van der Waals surface area contributed by atoms with Crippen molar-refractivity contribution in [2.24, 2.45) is 5.73 Å². The van der Waals surface area contributed by atoms with E-state index in [1.807, 2.05) is 6.92 Å². The predicted molar refractivity (Wildman–Crippen MR) is 79.6 cm³/mol. The molecule has 1 aromatic carbocycles. The molecule has 0 radical (unpaired) electrons. The van der Waals surface area contributed by atoms with Crippen molar-refractivity contribution in [1.29, 1.82) is 0 Å². The van der Waals surface area contributed by atoms with Gasteiger partial charge in [0.2, 0.25) is 0 Å². The molecule has 0 saturated heterocycles. The fourth-order valence-electron chi connectivity index (χ4n) is 1.60. The van der Waals surface area contributed by atoms with Crippen LogP contribution >= 0.6 is 23.8 Å². The highest BCUT2D eigenvalue weighted by molar-refractivity contribution is 7.80. The second-order valence-corrected chi connectivity index (χ2v) is 4.85. The Morgan fingerprint density at radius 3 is 2.74 bits per heavy atom. The van der Waals surface area contributed by atoms with Crippen LogP contribution < -0.4 is 11.1 Å². The van der Waals surface area contributed by atoms with E-state index in [0.29, 0.717) is 16.5 Å². The molecule has 2 rings (SSSR count). The minimum atomic E-state index is -0.465. The van der Waals surface area contributed by atoms with Crippen LogP contribution in [0.5, 0.6) is 0 Å². The summed E-state index contributed by atoms with van der Waals surface area (Å²) in [6.45, 7) is 1.84. The van der Waals surface area contributed by atoms with Crippen molar-refractivity contribution in [1.82, 2.24) is 4.98 Å². The van der Waals surface area contributed by atoms with Gasteiger partial charge < -0.3 is 11.1 Å². The van der Waals surface area contributed by atoms with E-state index in [2.05, 4.69) is 10.3 Å². The molecule has 2 aromatic rings. The van der Waals surface area contributed by atoms with Gasteiger partial charge in [-0.05, 0) is 37.3 Å². The summed E-state index contributed by atoms with van der Waals surface area (Å²) in [5.74, 6) is 0.110. The zero-order valence-corrected chi connectivity index (χ0v) is 11.6. The van der Waals surface area contributed by atoms with Crippen molar-refractivity contribution >= 4 is 40.3 Å². The van der Waals surface area contributed by atoms with Crippen LogP contribution in [0.3, 0.4) is 0 Å². The molecule has 0 fully saturated rings. The van der Waals surface area contributed by atoms with Gasteiger partial charge in [0, 0.05) is 16.9 Å². The molecule has 19 heavy (non-hydrogen) atoms. The fourth-order valence-corrected chi connectivity index (χ4v) is 1.90. The van der Waals surface area contributed by atoms with Crippen molar-refractivity contribution in [3.8, 4) is 0 Å². The molecule has 98 valence electrons. The number of pyridine rings is 1. The maximum Gasteiger partial charge on any atom is 0.141 e. The molecule has 0 aliphatic carbocycles. The van der Waals surface area contributed by atoms with Crippen LogP contribution in [0.4, 0.5) is 15.9 Å². The summed E-state index contributed by atoms with van der Waals surface area (Å²) in [6, 6.07) is 7.87. The normalized spacial score (nSPS) is 10.3. The number of nitrogens with one attached hydrogen (secondary N) is 1. The number of aryl methyl sites for hydroxylation is 1. The molecular formula is C13H11ClFN3S. The van der Waals surface area contributed by atoms with Crippen LogP contribution in [-0.4, -0.2) is 9.97 Å². The smallest absolute Gasteiger partial charge is 0.141 e. The molecule has 0 bridgehead atoms. The molecule has 6 heteroatoms. The molecule has 0 aliphatic heterocycles. The highest BCUT2D eigenvalue weighted by Gasteiger charge is 2.05. The minimum absolute atomic E-state index is 0.0484. The molecule has 0 unspecified atom stereocenters. The molecule has 0 aliphatic rings. The largest absolute Gasteiger partial charge is 0.389 e. The maximum atomic E-state index is 13.1. The number of halogens is 2. The molecule has 0 atom stereocenters. The number of nitrogens with two attached hydrogens (primary N) is 1. The van der Waals surface area contributed by atoms with Gasteiger partial charge in [-0.25, -0.2) is 9.37 Å². The first-order valence-electron chi connectivity index (χ1n) is 5.46. The van der Waals surface area contributed by atoms with E-state index in [4.69, 9.17) is 29.6 Å². The van der Waals surface area contributed by atoms with E-state index in [0.717, 1.165) is 11.3 Å². The van der Waals surface area contributed by atoms with Gasteiger partial charge in [0.05, 0.1) is 5.02 Å². The predicted octanol–water partition coefficient (Wildman–Crippen LogP) is 3.56. The van der Waals surface area contributed by atoms with E-state index in [1.165, 1.54) is 12.1 Å². The van der Waals surface area contributed by atoms with Gasteiger partial charge in [-0.1, -0.05) is 23.8 Å². The Morgan fingerprint density at radius 1 is 1.37 bits per heavy atom. The fraction of sp³-hybridized carbons (Fsp3) is 0.0769. The molecular weight excluding hydrogens is 285 g/mol. The highest BCUT2D eigenvalue weighted by Crippen LogP contribution is 2.22. The van der Waals surface area contributed by atoms with E-state index in [1.54, 1.807) is 18.2 Å². The molecule has 0 spiro atoms. The Bertz CT molecular complexity index is 646. The number of rotatable bonds is 3. The summed E-state index contributed by atoms with van der Waals surface area (Å²) >= 11 is 10.7. The molecule has 0 saturated carbocycles. The van der Waals surface area contributed by atoms with Crippen molar-refractivity contribution in [2.75, 3.05) is 5.32 Å². The Morgan fingerprint density at radius 2 is 2.11 bits per heavy atom. The number of aromatic nitrogens is 1. The van der Waals surface area contributed by atoms with Gasteiger partial charge in [-0.15, -0.1) is 0 Å². The van der Waals surface area contributed by atoms with Gasteiger partial charge in [0.25, 0.3) is 0 Å². The Balaban J connectivity index is 2.32. The number of benzene rings is 1. The lowest BCUT2D eigenvalue weighted by molar-refractivity contribution is 0.628. The van der Waals surface area contributed by atoms with Gasteiger partial charge >= 0.3 is 0 Å². The first-order valence-corrected chi connectivity index (χ1v) is 6.25. The SMILES string of the molecule is Cc1cc(C(N)=S)cc(Nc2ccc(F)c(Cl)c2)n1. The van der Waals surface area contributed by atoms with E-state index >= 15 is 0 Å². The summed E-state index contributed by atoms with van der Waals surface area (Å²) < 4.78 is 13.1. The lowest BCUT2D eigenvalue weighted by atomic mass is 10.2. The third-order valence-electron chi connectivity index (χ3n) is 2.43. The van der Waals surface area contributed by atoms with Gasteiger partial charge in [0.15, 0.2) is 0 Å². The molecule has 1 heterocycles. The zero-order valence-electron chi connectivity index (χ0n) is 10.1. The van der Waals surface area contributed by atoms with Gasteiger partial charge in [-0.3, -0.25) is 0 Å². The zero-order chi connectivity index (χ0) is 14.0. The first-order chi connectivity index (χ1) is 8.95. The number of nitrogens with zero attached hydrogens (tertiary/aromatic N) is 1. The van der Waals surface area contributed by atoms with Crippen LogP contribution in [0.2, 0.25) is 5.02 Å². The van der Waals surface area contributed by atoms with E-state index in [-0.39, 0.29) is 5.02 Å². The lowest BCUT2D eigenvalue weighted by Crippen LogP contribution is -2.10. The number of anilines is 2. The van der Waals surface area contributed by atoms with Gasteiger partial charge in [-0.2, -0.15) is 0 Å².